The van der Waals surface area contributed by atoms with Crippen LogP contribution in [0.3, 0.4) is 0 Å². The average Bonchev–Trinajstić information content (AvgIpc) is 3.23. The fourth-order valence-electron chi connectivity index (χ4n) is 3.45. The number of hydrogen-bond acceptors (Lipinski definition) is 6. The van der Waals surface area contributed by atoms with Crippen LogP contribution in [0.5, 0.6) is 0 Å². The SMILES string of the molecule is O=C(NCCN1CCN(c2nc(Cc3ccccc3)ns2)CC1)c1ccccc1Cl. The Hall–Kier alpha value is -2.48. The number of amides is 1. The predicted molar refractivity (Wildman–Crippen MR) is 122 cm³/mol. The summed E-state index contributed by atoms with van der Waals surface area (Å²) >= 11 is 7.56. The number of rotatable bonds is 7. The van der Waals surface area contributed by atoms with E-state index < -0.39 is 0 Å². The maximum Gasteiger partial charge on any atom is 0.252 e. The van der Waals surface area contributed by atoms with Crippen LogP contribution in [0.25, 0.3) is 0 Å². The average molecular weight is 442 g/mol. The van der Waals surface area contributed by atoms with Crippen molar-refractivity contribution in [3.63, 3.8) is 0 Å². The highest BCUT2D eigenvalue weighted by Crippen LogP contribution is 2.20. The molecule has 4 rings (SSSR count). The van der Waals surface area contributed by atoms with Crippen molar-refractivity contribution in [2.75, 3.05) is 44.2 Å². The second-order valence-corrected chi connectivity index (χ2v) is 8.36. The summed E-state index contributed by atoms with van der Waals surface area (Å²) in [5.74, 6) is 0.755. The number of hydrogen-bond donors (Lipinski definition) is 1. The standard InChI is InChI=1S/C22H24ClN5OS/c23-19-9-5-4-8-18(19)21(29)24-10-11-27-12-14-28(15-13-27)22-25-20(26-30-22)16-17-6-2-1-3-7-17/h1-9H,10-16H2,(H,24,29). The molecule has 1 saturated heterocycles. The van der Waals surface area contributed by atoms with E-state index in [0.717, 1.165) is 50.1 Å². The molecule has 30 heavy (non-hydrogen) atoms. The maximum atomic E-state index is 12.2. The first kappa shape index (κ1) is 20.8. The van der Waals surface area contributed by atoms with Crippen LogP contribution in [0, 0.1) is 0 Å². The van der Waals surface area contributed by atoms with Gasteiger partial charge in [-0.3, -0.25) is 9.69 Å². The third-order valence-corrected chi connectivity index (χ3v) is 6.28. The zero-order valence-electron chi connectivity index (χ0n) is 16.6. The number of nitrogens with one attached hydrogen (secondary N) is 1. The van der Waals surface area contributed by atoms with Crippen LogP contribution in [0.2, 0.25) is 5.02 Å². The molecule has 1 amide bonds. The molecular formula is C22H24ClN5OS. The number of aromatic nitrogens is 2. The molecule has 2 aromatic carbocycles. The molecule has 8 heteroatoms. The summed E-state index contributed by atoms with van der Waals surface area (Å²) in [6, 6.07) is 17.4. The smallest absolute Gasteiger partial charge is 0.252 e. The summed E-state index contributed by atoms with van der Waals surface area (Å²) in [5.41, 5.74) is 1.75. The molecule has 0 bridgehead atoms. The van der Waals surface area contributed by atoms with Gasteiger partial charge in [-0.2, -0.15) is 4.37 Å². The van der Waals surface area contributed by atoms with Crippen molar-refractivity contribution in [1.29, 1.82) is 0 Å². The van der Waals surface area contributed by atoms with Gasteiger partial charge in [0.2, 0.25) is 5.13 Å². The first-order valence-electron chi connectivity index (χ1n) is 10.1. The fraction of sp³-hybridized carbons (Fsp3) is 0.318. The van der Waals surface area contributed by atoms with Crippen LogP contribution < -0.4 is 10.2 Å². The number of anilines is 1. The topological polar surface area (TPSA) is 61.4 Å². The highest BCUT2D eigenvalue weighted by atomic mass is 35.5. The zero-order chi connectivity index (χ0) is 20.8. The van der Waals surface area contributed by atoms with E-state index in [-0.39, 0.29) is 5.91 Å². The van der Waals surface area contributed by atoms with Crippen molar-refractivity contribution in [1.82, 2.24) is 19.6 Å². The second kappa shape index (κ2) is 10.0. The molecule has 1 aliphatic rings. The summed E-state index contributed by atoms with van der Waals surface area (Å²) in [5, 5.41) is 4.43. The molecule has 0 saturated carbocycles. The molecule has 156 valence electrons. The maximum absolute atomic E-state index is 12.2. The largest absolute Gasteiger partial charge is 0.351 e. The quantitative estimate of drug-likeness (QED) is 0.609. The normalized spacial score (nSPS) is 14.6. The van der Waals surface area contributed by atoms with E-state index in [1.54, 1.807) is 12.1 Å². The van der Waals surface area contributed by atoms with Gasteiger partial charge in [0, 0.05) is 57.2 Å². The van der Waals surface area contributed by atoms with E-state index in [2.05, 4.69) is 31.6 Å². The van der Waals surface area contributed by atoms with Gasteiger partial charge in [-0.1, -0.05) is 54.1 Å². The summed E-state index contributed by atoms with van der Waals surface area (Å²) in [4.78, 5) is 21.6. The molecule has 1 fully saturated rings. The first-order chi connectivity index (χ1) is 14.7. The number of nitrogens with zero attached hydrogens (tertiary/aromatic N) is 4. The zero-order valence-corrected chi connectivity index (χ0v) is 18.2. The van der Waals surface area contributed by atoms with Gasteiger partial charge in [0.15, 0.2) is 0 Å². The minimum absolute atomic E-state index is 0.126. The van der Waals surface area contributed by atoms with Gasteiger partial charge >= 0.3 is 0 Å². The Labute approximate surface area is 185 Å². The molecule has 2 heterocycles. The highest BCUT2D eigenvalue weighted by molar-refractivity contribution is 7.09. The monoisotopic (exact) mass is 441 g/mol. The molecule has 1 aliphatic heterocycles. The summed E-state index contributed by atoms with van der Waals surface area (Å²) < 4.78 is 4.53. The van der Waals surface area contributed by atoms with E-state index in [1.165, 1.54) is 17.1 Å². The number of carbonyl (C=O) groups is 1. The fourth-order valence-corrected chi connectivity index (χ4v) is 4.41. The van der Waals surface area contributed by atoms with Gasteiger partial charge in [-0.25, -0.2) is 4.98 Å². The minimum atomic E-state index is -0.126. The lowest BCUT2D eigenvalue weighted by molar-refractivity contribution is 0.0948. The van der Waals surface area contributed by atoms with Gasteiger partial charge in [-0.15, -0.1) is 0 Å². The lowest BCUT2D eigenvalue weighted by Gasteiger charge is -2.34. The van der Waals surface area contributed by atoms with Gasteiger partial charge in [0.05, 0.1) is 10.6 Å². The van der Waals surface area contributed by atoms with E-state index in [9.17, 15) is 4.79 Å². The van der Waals surface area contributed by atoms with Crippen LogP contribution >= 0.6 is 23.1 Å². The van der Waals surface area contributed by atoms with Gasteiger partial charge in [-0.05, 0) is 17.7 Å². The van der Waals surface area contributed by atoms with Crippen molar-refractivity contribution in [2.45, 2.75) is 6.42 Å². The summed E-state index contributed by atoms with van der Waals surface area (Å²) in [6.07, 6.45) is 0.766. The van der Waals surface area contributed by atoms with Crippen molar-refractivity contribution in [2.24, 2.45) is 0 Å². The first-order valence-corrected chi connectivity index (χ1v) is 11.2. The second-order valence-electron chi connectivity index (χ2n) is 7.22. The molecular weight excluding hydrogens is 418 g/mol. The molecule has 1 N–H and O–H groups in total. The molecule has 3 aromatic rings. The molecule has 0 spiro atoms. The van der Waals surface area contributed by atoms with E-state index >= 15 is 0 Å². The third-order valence-electron chi connectivity index (χ3n) is 5.14. The third kappa shape index (κ3) is 5.36. The van der Waals surface area contributed by atoms with Crippen LogP contribution in [-0.2, 0) is 6.42 Å². The van der Waals surface area contributed by atoms with Crippen LogP contribution in [-0.4, -0.2) is 59.4 Å². The number of benzene rings is 2. The Morgan fingerprint density at radius 3 is 2.53 bits per heavy atom. The number of carbonyl (C=O) groups excluding carboxylic acids is 1. The van der Waals surface area contributed by atoms with Crippen LogP contribution in [0.1, 0.15) is 21.7 Å². The van der Waals surface area contributed by atoms with Gasteiger partial charge in [0.25, 0.3) is 5.91 Å². The van der Waals surface area contributed by atoms with Gasteiger partial charge in [0.1, 0.15) is 5.82 Å². The van der Waals surface area contributed by atoms with Crippen LogP contribution in [0.15, 0.2) is 54.6 Å². The molecule has 0 radical (unpaired) electrons. The molecule has 6 nitrogen and oxygen atoms in total. The minimum Gasteiger partial charge on any atom is -0.351 e. The van der Waals surface area contributed by atoms with Crippen molar-refractivity contribution in [3.8, 4) is 0 Å². The predicted octanol–water partition coefficient (Wildman–Crippen LogP) is 3.33. The lowest BCUT2D eigenvalue weighted by Crippen LogP contribution is -2.48. The Morgan fingerprint density at radius 1 is 1.03 bits per heavy atom. The Balaban J connectivity index is 1.21. The lowest BCUT2D eigenvalue weighted by atomic mass is 10.1. The van der Waals surface area contributed by atoms with Crippen molar-refractivity contribution < 1.29 is 4.79 Å². The van der Waals surface area contributed by atoms with Crippen molar-refractivity contribution >= 4 is 34.2 Å². The van der Waals surface area contributed by atoms with E-state index in [1.807, 2.05) is 30.3 Å². The van der Waals surface area contributed by atoms with Crippen LogP contribution in [0.4, 0.5) is 5.13 Å². The summed E-state index contributed by atoms with van der Waals surface area (Å²) in [7, 11) is 0. The van der Waals surface area contributed by atoms with Crippen molar-refractivity contribution in [3.05, 3.63) is 76.6 Å². The van der Waals surface area contributed by atoms with Gasteiger partial charge < -0.3 is 10.2 Å². The number of piperazine rings is 1. The Kier molecular flexibility index (Phi) is 6.94. The molecule has 0 atom stereocenters. The molecule has 1 aromatic heterocycles. The van der Waals surface area contributed by atoms with E-state index in [4.69, 9.17) is 16.6 Å². The highest BCUT2D eigenvalue weighted by Gasteiger charge is 2.20. The van der Waals surface area contributed by atoms with E-state index in [0.29, 0.717) is 17.1 Å². The Morgan fingerprint density at radius 2 is 1.77 bits per heavy atom. The summed E-state index contributed by atoms with van der Waals surface area (Å²) in [6.45, 7) is 5.13. The number of halogens is 1. The molecule has 0 aliphatic carbocycles. The Bertz CT molecular complexity index is 972. The molecule has 0 unspecified atom stereocenters.